The summed E-state index contributed by atoms with van der Waals surface area (Å²) in [6.45, 7) is 3.40. The number of nitrogens with zero attached hydrogens (tertiary/aromatic N) is 3. The van der Waals surface area contributed by atoms with Crippen molar-refractivity contribution >= 4 is 17.5 Å². The number of hydrogen-bond acceptors (Lipinski definition) is 7. The minimum Gasteiger partial charge on any atom is -0.493 e. The fourth-order valence-corrected chi connectivity index (χ4v) is 4.03. The van der Waals surface area contributed by atoms with E-state index >= 15 is 0 Å². The minimum atomic E-state index is -0.278. The number of carbonyl (C=O) groups is 2. The lowest BCUT2D eigenvalue weighted by molar-refractivity contribution is -0.116. The summed E-state index contributed by atoms with van der Waals surface area (Å²) in [7, 11) is 3.03. The lowest BCUT2D eigenvalue weighted by Gasteiger charge is -2.28. The molecule has 184 valence electrons. The van der Waals surface area contributed by atoms with Gasteiger partial charge in [-0.2, -0.15) is 0 Å². The summed E-state index contributed by atoms with van der Waals surface area (Å²) in [5, 5.41) is 11.0. The Kier molecular flexibility index (Phi) is 7.64. The molecular weight excluding hydrogens is 448 g/mol. The molecule has 1 aliphatic heterocycles. The molecule has 1 aromatic heterocycles. The second-order valence-corrected chi connectivity index (χ2v) is 8.52. The highest BCUT2D eigenvalue weighted by Gasteiger charge is 2.24. The number of hydrogen-bond donors (Lipinski definition) is 1. The van der Waals surface area contributed by atoms with Gasteiger partial charge < -0.3 is 24.1 Å². The van der Waals surface area contributed by atoms with Crippen LogP contribution in [0.2, 0.25) is 0 Å². The van der Waals surface area contributed by atoms with Crippen LogP contribution in [0.3, 0.4) is 0 Å². The van der Waals surface area contributed by atoms with Crippen LogP contribution in [0.5, 0.6) is 11.5 Å². The summed E-state index contributed by atoms with van der Waals surface area (Å²) in [4.78, 5) is 27.9. The summed E-state index contributed by atoms with van der Waals surface area (Å²) in [6.07, 6.45) is 3.43. The molecule has 0 unspecified atom stereocenters. The van der Waals surface area contributed by atoms with E-state index in [1.54, 1.807) is 12.1 Å². The first kappa shape index (κ1) is 24.3. The Morgan fingerprint density at radius 1 is 1.00 bits per heavy atom. The molecule has 0 saturated carbocycles. The first-order valence-corrected chi connectivity index (χ1v) is 11.7. The van der Waals surface area contributed by atoms with Crippen LogP contribution < -0.4 is 14.8 Å². The third-order valence-electron chi connectivity index (χ3n) is 6.00. The Morgan fingerprint density at radius 3 is 2.37 bits per heavy atom. The number of aryl methyl sites for hydroxylation is 2. The average molecular weight is 479 g/mol. The van der Waals surface area contributed by atoms with Crippen LogP contribution in [0.4, 0.5) is 5.69 Å². The summed E-state index contributed by atoms with van der Waals surface area (Å²) in [6, 6.07) is 11.0. The van der Waals surface area contributed by atoms with E-state index in [-0.39, 0.29) is 24.7 Å². The molecule has 9 nitrogen and oxygen atoms in total. The normalized spacial score (nSPS) is 13.4. The van der Waals surface area contributed by atoms with Gasteiger partial charge in [0.05, 0.1) is 25.5 Å². The molecule has 0 radical (unpaired) electrons. The first-order valence-electron chi connectivity index (χ1n) is 11.7. The van der Waals surface area contributed by atoms with Crippen molar-refractivity contribution in [3.63, 3.8) is 0 Å². The number of aromatic nitrogens is 2. The monoisotopic (exact) mass is 478 g/mol. The second kappa shape index (κ2) is 11.0. The van der Waals surface area contributed by atoms with E-state index in [4.69, 9.17) is 13.9 Å². The van der Waals surface area contributed by atoms with Crippen LogP contribution in [0.1, 0.15) is 47.5 Å². The predicted molar refractivity (Wildman–Crippen MR) is 131 cm³/mol. The SMILES string of the molecule is COc1cc(NC(=O)CCc2nnc(-c3ccc(C)cc3)o2)c(C(=O)N2CCCCC2)cc1OC. The first-order chi connectivity index (χ1) is 17.0. The van der Waals surface area contributed by atoms with Crippen molar-refractivity contribution < 1.29 is 23.5 Å². The molecule has 1 fully saturated rings. The van der Waals surface area contributed by atoms with Gasteiger partial charge in [-0.15, -0.1) is 10.2 Å². The zero-order valence-electron chi connectivity index (χ0n) is 20.3. The van der Waals surface area contributed by atoms with E-state index in [0.29, 0.717) is 47.6 Å². The molecule has 1 aliphatic rings. The highest BCUT2D eigenvalue weighted by molar-refractivity contribution is 6.04. The number of piperidine rings is 1. The maximum atomic E-state index is 13.3. The van der Waals surface area contributed by atoms with Gasteiger partial charge in [0.15, 0.2) is 11.5 Å². The van der Waals surface area contributed by atoms with Crippen molar-refractivity contribution in [2.75, 3.05) is 32.6 Å². The standard InChI is InChI=1S/C26H30N4O5/c1-17-7-9-18(10-8-17)25-29-28-24(35-25)12-11-23(31)27-20-16-22(34-3)21(33-2)15-19(20)26(32)30-13-5-4-6-14-30/h7-10,15-16H,4-6,11-14H2,1-3H3,(H,27,31). The van der Waals surface area contributed by atoms with Crippen molar-refractivity contribution in [2.45, 2.75) is 39.0 Å². The predicted octanol–water partition coefficient (Wildman–Crippen LogP) is 4.26. The number of carbonyl (C=O) groups excluding carboxylic acids is 2. The molecule has 2 amide bonds. The summed E-state index contributed by atoms with van der Waals surface area (Å²) < 4.78 is 16.5. The number of anilines is 1. The smallest absolute Gasteiger partial charge is 0.256 e. The van der Waals surface area contributed by atoms with Gasteiger partial charge in [-0.05, 0) is 44.4 Å². The number of rotatable bonds is 8. The van der Waals surface area contributed by atoms with Gasteiger partial charge in [0.1, 0.15) is 0 Å². The number of amides is 2. The highest BCUT2D eigenvalue weighted by Crippen LogP contribution is 2.34. The van der Waals surface area contributed by atoms with Crippen LogP contribution >= 0.6 is 0 Å². The molecule has 0 atom stereocenters. The van der Waals surface area contributed by atoms with E-state index in [9.17, 15) is 9.59 Å². The van der Waals surface area contributed by atoms with Crippen LogP contribution in [0, 0.1) is 6.92 Å². The zero-order valence-corrected chi connectivity index (χ0v) is 20.3. The maximum absolute atomic E-state index is 13.3. The lowest BCUT2D eigenvalue weighted by atomic mass is 10.1. The molecule has 0 bridgehead atoms. The molecule has 4 rings (SSSR count). The fourth-order valence-electron chi connectivity index (χ4n) is 4.03. The molecule has 9 heteroatoms. The van der Waals surface area contributed by atoms with Crippen molar-refractivity contribution in [1.82, 2.24) is 15.1 Å². The van der Waals surface area contributed by atoms with Gasteiger partial charge in [0.2, 0.25) is 17.7 Å². The van der Waals surface area contributed by atoms with E-state index < -0.39 is 0 Å². The van der Waals surface area contributed by atoms with E-state index in [2.05, 4.69) is 15.5 Å². The molecule has 2 heterocycles. The van der Waals surface area contributed by atoms with E-state index in [1.807, 2.05) is 36.1 Å². The summed E-state index contributed by atoms with van der Waals surface area (Å²) >= 11 is 0. The van der Waals surface area contributed by atoms with Crippen molar-refractivity contribution in [2.24, 2.45) is 0 Å². The van der Waals surface area contributed by atoms with Gasteiger partial charge in [-0.25, -0.2) is 0 Å². The fraction of sp³-hybridized carbons (Fsp3) is 0.385. The van der Waals surface area contributed by atoms with Crippen LogP contribution in [0.15, 0.2) is 40.8 Å². The topological polar surface area (TPSA) is 107 Å². The van der Waals surface area contributed by atoms with Gasteiger partial charge in [0.25, 0.3) is 5.91 Å². The highest BCUT2D eigenvalue weighted by atomic mass is 16.5. The molecule has 35 heavy (non-hydrogen) atoms. The van der Waals surface area contributed by atoms with Crippen LogP contribution in [-0.2, 0) is 11.2 Å². The third kappa shape index (κ3) is 5.79. The van der Waals surface area contributed by atoms with Gasteiger partial charge >= 0.3 is 0 Å². The molecule has 2 aromatic carbocycles. The summed E-state index contributed by atoms with van der Waals surface area (Å²) in [5.41, 5.74) is 2.72. The zero-order chi connectivity index (χ0) is 24.8. The largest absolute Gasteiger partial charge is 0.493 e. The van der Waals surface area contributed by atoms with E-state index in [1.165, 1.54) is 14.2 Å². The van der Waals surface area contributed by atoms with Crippen LogP contribution in [-0.4, -0.2) is 54.2 Å². The van der Waals surface area contributed by atoms with Gasteiger partial charge in [-0.1, -0.05) is 17.7 Å². The van der Waals surface area contributed by atoms with E-state index in [0.717, 1.165) is 30.4 Å². The Labute approximate surface area is 204 Å². The van der Waals surface area contributed by atoms with Gasteiger partial charge in [0, 0.05) is 37.6 Å². The van der Waals surface area contributed by atoms with Crippen molar-refractivity contribution in [3.8, 4) is 23.0 Å². The number of ether oxygens (including phenoxy) is 2. The summed E-state index contributed by atoms with van der Waals surface area (Å²) in [5.74, 6) is 1.22. The number of nitrogens with one attached hydrogen (secondary N) is 1. The molecule has 0 aliphatic carbocycles. The molecule has 3 aromatic rings. The van der Waals surface area contributed by atoms with Gasteiger partial charge in [-0.3, -0.25) is 9.59 Å². The van der Waals surface area contributed by atoms with Crippen molar-refractivity contribution in [3.05, 3.63) is 53.4 Å². The quantitative estimate of drug-likeness (QED) is 0.515. The second-order valence-electron chi connectivity index (χ2n) is 8.52. The van der Waals surface area contributed by atoms with Crippen molar-refractivity contribution in [1.29, 1.82) is 0 Å². The number of likely N-dealkylation sites (tertiary alicyclic amines) is 1. The molecule has 1 saturated heterocycles. The minimum absolute atomic E-state index is 0.112. The molecule has 1 N–H and O–H groups in total. The Morgan fingerprint density at radius 2 is 1.69 bits per heavy atom. The molecule has 0 spiro atoms. The van der Waals surface area contributed by atoms with Crippen LogP contribution in [0.25, 0.3) is 11.5 Å². The lowest BCUT2D eigenvalue weighted by Crippen LogP contribution is -2.36. The Balaban J connectivity index is 1.47. The molecular formula is C26H30N4O5. The Bertz CT molecular complexity index is 1180. The third-order valence-corrected chi connectivity index (χ3v) is 6.00. The Hall–Kier alpha value is -3.88. The maximum Gasteiger partial charge on any atom is 0.256 e. The number of benzene rings is 2. The average Bonchev–Trinajstić information content (AvgIpc) is 3.37. The number of methoxy groups -OCH3 is 2.